The number of benzene rings is 1. The molecule has 0 saturated heterocycles. The standard InChI is InChI=1S/C20H17ClN4S3/c1-13-12-26-20(22)25(13)19-18(28-17-5-3-2-4-16(17)21)10-15(11-24-19)27-14-6-8-23-9-7-14/h2-12,20H,22H2,1H3. The lowest BCUT2D eigenvalue weighted by atomic mass is 10.4. The van der Waals surface area contributed by atoms with Crippen LogP contribution in [-0.2, 0) is 0 Å². The summed E-state index contributed by atoms with van der Waals surface area (Å²) >= 11 is 11.2. The second kappa shape index (κ2) is 8.80. The van der Waals surface area contributed by atoms with Crippen LogP contribution in [0.2, 0.25) is 5.02 Å². The maximum absolute atomic E-state index is 6.41. The zero-order chi connectivity index (χ0) is 19.5. The van der Waals surface area contributed by atoms with Gasteiger partial charge in [-0.1, -0.05) is 59.0 Å². The summed E-state index contributed by atoms with van der Waals surface area (Å²) in [5.74, 6) is 0.843. The molecule has 3 heterocycles. The Hall–Kier alpha value is -1.64. The zero-order valence-electron chi connectivity index (χ0n) is 14.9. The first-order valence-electron chi connectivity index (χ1n) is 8.49. The fraction of sp³-hybridized carbons (Fsp3) is 0.100. The summed E-state index contributed by atoms with van der Waals surface area (Å²) < 4.78 is 0. The number of nitrogens with zero attached hydrogens (tertiary/aromatic N) is 3. The van der Waals surface area contributed by atoms with Crippen LogP contribution in [0.5, 0.6) is 0 Å². The molecule has 1 unspecified atom stereocenters. The van der Waals surface area contributed by atoms with Gasteiger partial charge in [0.2, 0.25) is 0 Å². The number of pyridine rings is 2. The van der Waals surface area contributed by atoms with Crippen molar-refractivity contribution in [2.24, 2.45) is 5.73 Å². The van der Waals surface area contributed by atoms with E-state index in [0.29, 0.717) is 0 Å². The Kier molecular flexibility index (Phi) is 6.18. The Bertz CT molecular complexity index is 1010. The van der Waals surface area contributed by atoms with Crippen LogP contribution in [0.25, 0.3) is 0 Å². The van der Waals surface area contributed by atoms with E-state index in [1.165, 1.54) is 0 Å². The van der Waals surface area contributed by atoms with Crippen LogP contribution in [0.4, 0.5) is 5.82 Å². The van der Waals surface area contributed by atoms with Gasteiger partial charge in [-0.05, 0) is 42.7 Å². The number of rotatable bonds is 5. The SMILES string of the molecule is CC1=CSC(N)N1c1ncc(Sc2ccncc2)cc1Sc1ccccc1Cl. The molecule has 0 saturated carbocycles. The molecular formula is C20H17ClN4S3. The molecule has 0 spiro atoms. The fourth-order valence-corrected chi connectivity index (χ4v) is 5.65. The van der Waals surface area contributed by atoms with Gasteiger partial charge >= 0.3 is 0 Å². The molecule has 3 aromatic rings. The molecule has 4 nitrogen and oxygen atoms in total. The third kappa shape index (κ3) is 4.34. The minimum Gasteiger partial charge on any atom is -0.303 e. The number of hydrogen-bond donors (Lipinski definition) is 1. The molecule has 0 radical (unpaired) electrons. The second-order valence-corrected chi connectivity index (χ2v) is 9.59. The average Bonchev–Trinajstić information content (AvgIpc) is 3.03. The Balaban J connectivity index is 1.73. The largest absolute Gasteiger partial charge is 0.303 e. The van der Waals surface area contributed by atoms with Crippen molar-refractivity contribution in [2.45, 2.75) is 32.0 Å². The summed E-state index contributed by atoms with van der Waals surface area (Å²) in [6.45, 7) is 2.05. The highest BCUT2D eigenvalue weighted by molar-refractivity contribution is 8.03. The summed E-state index contributed by atoms with van der Waals surface area (Å²) in [6.07, 6.45) is 5.47. The highest BCUT2D eigenvalue weighted by Crippen LogP contribution is 2.43. The molecule has 0 amide bonds. The van der Waals surface area contributed by atoms with Gasteiger partial charge in [-0.2, -0.15) is 0 Å². The van der Waals surface area contributed by atoms with Crippen LogP contribution in [0, 0.1) is 0 Å². The summed E-state index contributed by atoms with van der Waals surface area (Å²) in [5, 5.41) is 2.79. The molecule has 8 heteroatoms. The van der Waals surface area contributed by atoms with E-state index in [4.69, 9.17) is 22.3 Å². The lowest BCUT2D eigenvalue weighted by molar-refractivity contribution is 0.848. The van der Waals surface area contributed by atoms with Crippen molar-refractivity contribution in [2.75, 3.05) is 4.90 Å². The summed E-state index contributed by atoms with van der Waals surface area (Å²) in [5.41, 5.74) is 7.20. The Morgan fingerprint density at radius 1 is 1.07 bits per heavy atom. The maximum Gasteiger partial charge on any atom is 0.148 e. The van der Waals surface area contributed by atoms with Crippen molar-refractivity contribution in [3.63, 3.8) is 0 Å². The molecule has 1 atom stereocenters. The van der Waals surface area contributed by atoms with Crippen LogP contribution >= 0.6 is 46.9 Å². The molecule has 142 valence electrons. The minimum atomic E-state index is -0.184. The van der Waals surface area contributed by atoms with Crippen LogP contribution in [0.3, 0.4) is 0 Å². The summed E-state index contributed by atoms with van der Waals surface area (Å²) in [6, 6.07) is 13.9. The summed E-state index contributed by atoms with van der Waals surface area (Å²) in [7, 11) is 0. The number of thioether (sulfide) groups is 1. The van der Waals surface area contributed by atoms with Gasteiger partial charge in [-0.25, -0.2) is 4.98 Å². The van der Waals surface area contributed by atoms with Gasteiger partial charge in [0.05, 0.1) is 9.92 Å². The van der Waals surface area contributed by atoms with E-state index in [-0.39, 0.29) is 5.50 Å². The van der Waals surface area contributed by atoms with Crippen molar-refractivity contribution >= 4 is 52.7 Å². The number of halogens is 1. The highest BCUT2D eigenvalue weighted by Gasteiger charge is 2.26. The minimum absolute atomic E-state index is 0.184. The third-order valence-electron chi connectivity index (χ3n) is 3.99. The highest BCUT2D eigenvalue weighted by atomic mass is 35.5. The van der Waals surface area contributed by atoms with E-state index in [1.54, 1.807) is 47.7 Å². The molecule has 0 fully saturated rings. The van der Waals surface area contributed by atoms with Crippen molar-refractivity contribution in [1.82, 2.24) is 9.97 Å². The molecule has 2 aromatic heterocycles. The lowest BCUT2D eigenvalue weighted by Gasteiger charge is -2.26. The van der Waals surface area contributed by atoms with E-state index in [9.17, 15) is 0 Å². The van der Waals surface area contributed by atoms with E-state index < -0.39 is 0 Å². The topological polar surface area (TPSA) is 55.0 Å². The molecule has 2 N–H and O–H groups in total. The average molecular weight is 445 g/mol. The van der Waals surface area contributed by atoms with Gasteiger partial charge in [0.1, 0.15) is 11.3 Å². The van der Waals surface area contributed by atoms with Crippen LogP contribution in [0.1, 0.15) is 6.92 Å². The van der Waals surface area contributed by atoms with Crippen LogP contribution in [-0.4, -0.2) is 15.5 Å². The Labute approximate surface area is 182 Å². The van der Waals surface area contributed by atoms with Gasteiger partial charge in [0.15, 0.2) is 0 Å². The molecule has 0 bridgehead atoms. The van der Waals surface area contributed by atoms with Crippen molar-refractivity contribution < 1.29 is 0 Å². The first kappa shape index (κ1) is 19.7. The number of anilines is 1. The normalized spacial score (nSPS) is 16.3. The fourth-order valence-electron chi connectivity index (χ4n) is 2.69. The van der Waals surface area contributed by atoms with Crippen LogP contribution < -0.4 is 10.6 Å². The molecule has 0 aliphatic carbocycles. The summed E-state index contributed by atoms with van der Waals surface area (Å²) in [4.78, 5) is 15.1. The van der Waals surface area contributed by atoms with Gasteiger partial charge in [-0.3, -0.25) is 4.98 Å². The molecule has 1 aliphatic heterocycles. The number of allylic oxidation sites excluding steroid dienone is 1. The number of nitrogens with two attached hydrogens (primary N) is 1. The molecule has 28 heavy (non-hydrogen) atoms. The van der Waals surface area contributed by atoms with E-state index >= 15 is 0 Å². The van der Waals surface area contributed by atoms with E-state index in [2.05, 4.69) is 21.4 Å². The monoisotopic (exact) mass is 444 g/mol. The van der Waals surface area contributed by atoms with Crippen LogP contribution in [0.15, 0.2) is 91.7 Å². The number of hydrogen-bond acceptors (Lipinski definition) is 7. The molecule has 1 aliphatic rings. The molecule has 1 aromatic carbocycles. The van der Waals surface area contributed by atoms with Crippen molar-refractivity contribution in [3.05, 3.63) is 77.2 Å². The van der Waals surface area contributed by atoms with Gasteiger partial charge in [0.25, 0.3) is 0 Å². The molecular weight excluding hydrogens is 428 g/mol. The quantitative estimate of drug-likeness (QED) is 0.510. The predicted octanol–water partition coefficient (Wildman–Crippen LogP) is 6.09. The molecule has 4 rings (SSSR count). The van der Waals surface area contributed by atoms with Gasteiger partial charge in [-0.15, -0.1) is 0 Å². The first-order chi connectivity index (χ1) is 13.6. The van der Waals surface area contributed by atoms with Gasteiger partial charge < -0.3 is 10.6 Å². The smallest absolute Gasteiger partial charge is 0.148 e. The third-order valence-corrected chi connectivity index (χ3v) is 7.46. The lowest BCUT2D eigenvalue weighted by Crippen LogP contribution is -2.35. The second-order valence-electron chi connectivity index (χ2n) is 5.97. The Morgan fingerprint density at radius 2 is 1.86 bits per heavy atom. The Morgan fingerprint density at radius 3 is 2.57 bits per heavy atom. The van der Waals surface area contributed by atoms with Gasteiger partial charge in [0, 0.05) is 39.0 Å². The predicted molar refractivity (Wildman–Crippen MR) is 120 cm³/mol. The number of aromatic nitrogens is 2. The van der Waals surface area contributed by atoms with E-state index in [1.807, 2.05) is 49.5 Å². The zero-order valence-corrected chi connectivity index (χ0v) is 18.2. The maximum atomic E-state index is 6.41. The van der Waals surface area contributed by atoms with E-state index in [0.717, 1.165) is 36.1 Å². The van der Waals surface area contributed by atoms with Crippen molar-refractivity contribution in [1.29, 1.82) is 0 Å². The van der Waals surface area contributed by atoms with Crippen molar-refractivity contribution in [3.8, 4) is 0 Å². The first-order valence-corrected chi connectivity index (χ1v) is 11.4.